The van der Waals surface area contributed by atoms with Crippen LogP contribution < -0.4 is 10.8 Å². The van der Waals surface area contributed by atoms with Crippen molar-refractivity contribution in [3.8, 4) is 0 Å². The highest BCUT2D eigenvalue weighted by atomic mass is 35.5. The van der Waals surface area contributed by atoms with Crippen molar-refractivity contribution in [2.24, 2.45) is 0 Å². The first-order valence-corrected chi connectivity index (χ1v) is 14.0. The van der Waals surface area contributed by atoms with Gasteiger partial charge in [-0.15, -0.1) is 0 Å². The molecule has 212 valence electrons. The second-order valence-corrected chi connectivity index (χ2v) is 10.7. The second-order valence-electron chi connectivity index (χ2n) is 8.99. The standard InChI is InChI=1S/C24H26ClN6O8P/c1-13(31(36-2)16-9-5-7-14-6-3-4-8-15(14)16)23(33)39-40(34,35)37-11-18-17(32)10-19(38-18)30-12-27-20-21(26)28-24(25)29-22(20)30/h3-9,12-13,17-19,32H,10-11H2,1-2H3,(H,34,35)(H2,26,28,29)/t13-,17-,18+,19+/m0/s1. The fraction of sp³-hybridized carbons (Fsp3) is 0.333. The third-order valence-corrected chi connectivity index (χ3v) is 7.49. The summed E-state index contributed by atoms with van der Waals surface area (Å²) in [7, 11) is -3.53. The van der Waals surface area contributed by atoms with E-state index < -0.39 is 44.9 Å². The van der Waals surface area contributed by atoms with Gasteiger partial charge in [-0.05, 0) is 30.0 Å². The van der Waals surface area contributed by atoms with Crippen LogP contribution in [0.25, 0.3) is 21.9 Å². The SMILES string of the molecule is CON(c1cccc2ccccc12)[C@@H](C)C(=O)OP(=O)(O)OC[C@H]1O[C@@H](n2cnc3c(N)nc(Cl)nc32)C[C@@H]1O. The first kappa shape index (κ1) is 28.2. The molecule has 3 heterocycles. The van der Waals surface area contributed by atoms with E-state index in [0.717, 1.165) is 10.8 Å². The lowest BCUT2D eigenvalue weighted by molar-refractivity contribution is -0.139. The van der Waals surface area contributed by atoms with Gasteiger partial charge >= 0.3 is 13.8 Å². The highest BCUT2D eigenvalue weighted by molar-refractivity contribution is 7.48. The topological polar surface area (TPSA) is 184 Å². The average Bonchev–Trinajstić information content (AvgIpc) is 3.51. The number of halogens is 1. The fourth-order valence-corrected chi connectivity index (χ4v) is 5.44. The number of nitrogens with two attached hydrogens (primary N) is 1. The first-order chi connectivity index (χ1) is 19.1. The predicted molar refractivity (Wildman–Crippen MR) is 144 cm³/mol. The Morgan fingerprint density at radius 2 is 2.05 bits per heavy atom. The van der Waals surface area contributed by atoms with Crippen LogP contribution in [0.3, 0.4) is 0 Å². The van der Waals surface area contributed by atoms with Gasteiger partial charge in [-0.2, -0.15) is 9.97 Å². The maximum Gasteiger partial charge on any atom is 0.529 e. The molecule has 1 unspecified atom stereocenters. The summed E-state index contributed by atoms with van der Waals surface area (Å²) in [6, 6.07) is 11.8. The number of rotatable bonds is 9. The number of benzene rings is 2. The Bertz CT molecular complexity index is 1600. The summed E-state index contributed by atoms with van der Waals surface area (Å²) in [5, 5.41) is 13.4. The van der Waals surface area contributed by atoms with E-state index in [4.69, 9.17) is 36.0 Å². The third-order valence-electron chi connectivity index (χ3n) is 6.44. The molecule has 0 saturated carbocycles. The van der Waals surface area contributed by atoms with Crippen LogP contribution in [-0.2, 0) is 28.0 Å². The third kappa shape index (κ3) is 5.60. The van der Waals surface area contributed by atoms with Gasteiger partial charge in [0, 0.05) is 11.8 Å². The molecule has 5 rings (SSSR count). The molecule has 4 aromatic rings. The maximum absolute atomic E-state index is 12.8. The van der Waals surface area contributed by atoms with Crippen molar-refractivity contribution < 1.29 is 38.0 Å². The summed E-state index contributed by atoms with van der Waals surface area (Å²) in [6.07, 6.45) is -1.37. The molecule has 14 nitrogen and oxygen atoms in total. The number of aliphatic hydroxyl groups excluding tert-OH is 1. The first-order valence-electron chi connectivity index (χ1n) is 12.1. The van der Waals surface area contributed by atoms with Crippen molar-refractivity contribution >= 4 is 58.8 Å². The summed E-state index contributed by atoms with van der Waals surface area (Å²) < 4.78 is 29.8. The Kier molecular flexibility index (Phi) is 7.93. The molecule has 1 aliphatic heterocycles. The number of ether oxygens (including phenoxy) is 1. The Balaban J connectivity index is 1.22. The molecular formula is C24H26ClN6O8P. The van der Waals surface area contributed by atoms with Gasteiger partial charge in [0.15, 0.2) is 17.5 Å². The van der Waals surface area contributed by atoms with Crippen LogP contribution in [0.2, 0.25) is 5.28 Å². The minimum atomic E-state index is -4.90. The second kappa shape index (κ2) is 11.3. The lowest BCUT2D eigenvalue weighted by Crippen LogP contribution is -2.39. The zero-order valence-corrected chi connectivity index (χ0v) is 23.0. The Labute approximate surface area is 232 Å². The monoisotopic (exact) mass is 592 g/mol. The van der Waals surface area contributed by atoms with Crippen molar-refractivity contribution in [1.29, 1.82) is 0 Å². The van der Waals surface area contributed by atoms with Gasteiger partial charge in [-0.1, -0.05) is 36.4 Å². The molecular weight excluding hydrogens is 567 g/mol. The molecule has 1 saturated heterocycles. The summed E-state index contributed by atoms with van der Waals surface area (Å²) in [6.45, 7) is 0.912. The van der Waals surface area contributed by atoms with Gasteiger partial charge in [0.2, 0.25) is 5.28 Å². The van der Waals surface area contributed by atoms with Gasteiger partial charge in [-0.25, -0.2) is 19.4 Å². The smallest absolute Gasteiger partial charge is 0.390 e. The van der Waals surface area contributed by atoms with Crippen LogP contribution in [0, 0.1) is 0 Å². The highest BCUT2D eigenvalue weighted by Crippen LogP contribution is 2.45. The summed E-state index contributed by atoms with van der Waals surface area (Å²) in [5.41, 5.74) is 6.99. The lowest BCUT2D eigenvalue weighted by Gasteiger charge is -2.28. The van der Waals surface area contributed by atoms with E-state index in [0.29, 0.717) is 16.9 Å². The number of aliphatic hydroxyl groups is 1. The minimum absolute atomic E-state index is 0.0805. The number of aromatic nitrogens is 4. The van der Waals surface area contributed by atoms with Crippen molar-refractivity contribution in [2.45, 2.75) is 37.8 Å². The van der Waals surface area contributed by atoms with Crippen LogP contribution in [0.1, 0.15) is 19.6 Å². The van der Waals surface area contributed by atoms with Crippen LogP contribution in [-0.4, -0.2) is 67.5 Å². The van der Waals surface area contributed by atoms with Gasteiger partial charge < -0.3 is 20.1 Å². The summed E-state index contributed by atoms with van der Waals surface area (Å²) in [5.74, 6) is -0.984. The number of fused-ring (bicyclic) bond motifs is 2. The molecule has 0 spiro atoms. The molecule has 16 heteroatoms. The van der Waals surface area contributed by atoms with Crippen LogP contribution in [0.5, 0.6) is 0 Å². The molecule has 2 aromatic heterocycles. The normalized spacial score (nSPS) is 21.4. The molecule has 4 N–H and O–H groups in total. The molecule has 1 aliphatic rings. The number of hydroxylamine groups is 1. The Hall–Kier alpha value is -3.36. The molecule has 2 aromatic carbocycles. The number of phosphoric acid groups is 1. The quantitative estimate of drug-likeness (QED) is 0.146. The maximum atomic E-state index is 12.8. The van der Waals surface area contributed by atoms with Crippen molar-refractivity contribution in [2.75, 3.05) is 24.5 Å². The van der Waals surface area contributed by atoms with E-state index in [-0.39, 0.29) is 17.5 Å². The number of nitrogens with zero attached hydrogens (tertiary/aromatic N) is 5. The molecule has 5 atom stereocenters. The van der Waals surface area contributed by atoms with E-state index in [1.807, 2.05) is 30.3 Å². The van der Waals surface area contributed by atoms with E-state index in [1.54, 1.807) is 12.1 Å². The largest absolute Gasteiger partial charge is 0.529 e. The predicted octanol–water partition coefficient (Wildman–Crippen LogP) is 2.98. The molecule has 1 fully saturated rings. The number of carbonyl (C=O) groups is 1. The number of anilines is 2. The Morgan fingerprint density at radius 3 is 2.83 bits per heavy atom. The molecule has 0 bridgehead atoms. The summed E-state index contributed by atoms with van der Waals surface area (Å²) in [4.78, 5) is 40.6. The molecule has 0 radical (unpaired) electrons. The fourth-order valence-electron chi connectivity index (χ4n) is 4.50. The van der Waals surface area contributed by atoms with E-state index >= 15 is 0 Å². The van der Waals surface area contributed by atoms with Crippen molar-refractivity contribution in [3.63, 3.8) is 0 Å². The molecule has 0 amide bonds. The lowest BCUT2D eigenvalue weighted by atomic mass is 10.1. The van der Waals surface area contributed by atoms with Crippen LogP contribution in [0.15, 0.2) is 48.8 Å². The van der Waals surface area contributed by atoms with E-state index in [9.17, 15) is 19.4 Å². The molecule has 0 aliphatic carbocycles. The highest BCUT2D eigenvalue weighted by Gasteiger charge is 2.39. The zero-order valence-electron chi connectivity index (χ0n) is 21.3. The zero-order chi connectivity index (χ0) is 28.6. The minimum Gasteiger partial charge on any atom is -0.390 e. The van der Waals surface area contributed by atoms with E-state index in [1.165, 1.54) is 30.0 Å². The summed E-state index contributed by atoms with van der Waals surface area (Å²) >= 11 is 5.91. The average molecular weight is 593 g/mol. The number of imidazole rings is 1. The number of hydrogen-bond acceptors (Lipinski definition) is 12. The van der Waals surface area contributed by atoms with Crippen LogP contribution >= 0.6 is 19.4 Å². The van der Waals surface area contributed by atoms with Crippen LogP contribution in [0.4, 0.5) is 11.5 Å². The van der Waals surface area contributed by atoms with Gasteiger partial charge in [0.1, 0.15) is 17.8 Å². The van der Waals surface area contributed by atoms with Gasteiger partial charge in [-0.3, -0.25) is 18.8 Å². The number of nitrogen functional groups attached to an aromatic ring is 1. The number of phosphoric ester groups is 1. The number of hydrogen-bond donors (Lipinski definition) is 3. The Morgan fingerprint density at radius 1 is 1.30 bits per heavy atom. The van der Waals surface area contributed by atoms with Gasteiger partial charge in [0.25, 0.3) is 0 Å². The van der Waals surface area contributed by atoms with Crippen molar-refractivity contribution in [1.82, 2.24) is 19.5 Å². The van der Waals surface area contributed by atoms with Crippen molar-refractivity contribution in [3.05, 3.63) is 54.1 Å². The molecule has 40 heavy (non-hydrogen) atoms. The number of carbonyl (C=O) groups excluding carboxylic acids is 1. The van der Waals surface area contributed by atoms with Gasteiger partial charge in [0.05, 0.1) is 31.8 Å². The van der Waals surface area contributed by atoms with E-state index in [2.05, 4.69) is 15.0 Å².